The summed E-state index contributed by atoms with van der Waals surface area (Å²) in [5, 5.41) is 0. The molecule has 0 spiro atoms. The van der Waals surface area contributed by atoms with E-state index in [1.54, 1.807) is 18.4 Å². The fourth-order valence-electron chi connectivity index (χ4n) is 7.31. The van der Waals surface area contributed by atoms with Crippen LogP contribution in [0.5, 0.6) is 0 Å². The summed E-state index contributed by atoms with van der Waals surface area (Å²) < 4.78 is 5.51. The van der Waals surface area contributed by atoms with Crippen molar-refractivity contribution in [3.63, 3.8) is 0 Å². The molecule has 0 N–H and O–H groups in total. The van der Waals surface area contributed by atoms with E-state index in [4.69, 9.17) is 4.42 Å². The molecular formula is C35H44ClN3O3. The van der Waals surface area contributed by atoms with Crippen LogP contribution >= 0.6 is 12.4 Å². The zero-order chi connectivity index (χ0) is 28.2. The van der Waals surface area contributed by atoms with Gasteiger partial charge in [-0.2, -0.15) is 0 Å². The molecular weight excluding hydrogens is 546 g/mol. The van der Waals surface area contributed by atoms with Gasteiger partial charge in [-0.3, -0.25) is 9.59 Å². The number of rotatable bonds is 9. The summed E-state index contributed by atoms with van der Waals surface area (Å²) in [6.07, 6.45) is 12.3. The predicted molar refractivity (Wildman–Crippen MR) is 169 cm³/mol. The van der Waals surface area contributed by atoms with Gasteiger partial charge in [0, 0.05) is 43.5 Å². The van der Waals surface area contributed by atoms with Crippen LogP contribution in [0.2, 0.25) is 0 Å². The molecule has 2 amide bonds. The van der Waals surface area contributed by atoms with E-state index >= 15 is 0 Å². The van der Waals surface area contributed by atoms with Crippen LogP contribution in [0.1, 0.15) is 89.8 Å². The lowest BCUT2D eigenvalue weighted by atomic mass is 9.69. The molecule has 1 aliphatic carbocycles. The number of hydrogen-bond donors (Lipinski definition) is 0. The summed E-state index contributed by atoms with van der Waals surface area (Å²) in [5.74, 6) is 0.541. The summed E-state index contributed by atoms with van der Waals surface area (Å²) in [6.45, 7) is 6.77. The first kappa shape index (κ1) is 30.4. The molecule has 0 bridgehead atoms. The molecule has 6 nitrogen and oxygen atoms in total. The maximum atomic E-state index is 13.5. The number of piperidine rings is 1. The van der Waals surface area contributed by atoms with Crippen LogP contribution in [-0.4, -0.2) is 53.8 Å². The lowest BCUT2D eigenvalue weighted by Crippen LogP contribution is -2.48. The number of aryl methyl sites for hydroxylation is 1. The molecule has 1 saturated carbocycles. The largest absolute Gasteiger partial charge is 0.459 e. The first-order valence-electron chi connectivity index (χ1n) is 15.5. The molecule has 6 rings (SSSR count). The van der Waals surface area contributed by atoms with Crippen molar-refractivity contribution in [2.24, 2.45) is 5.41 Å². The molecule has 2 aliphatic heterocycles. The van der Waals surface area contributed by atoms with Crippen molar-refractivity contribution in [2.75, 3.05) is 31.1 Å². The number of nitrogens with zero attached hydrogens (tertiary/aromatic N) is 3. The molecule has 2 fully saturated rings. The molecule has 0 unspecified atom stereocenters. The van der Waals surface area contributed by atoms with Crippen LogP contribution in [0.4, 0.5) is 5.69 Å². The first-order chi connectivity index (χ1) is 20.0. The third-order valence-corrected chi connectivity index (χ3v) is 9.87. The van der Waals surface area contributed by atoms with E-state index in [-0.39, 0.29) is 30.3 Å². The maximum Gasteiger partial charge on any atom is 0.294 e. The molecule has 7 heteroatoms. The minimum atomic E-state index is -0.0583. The Bertz CT molecular complexity index is 1330. The normalized spacial score (nSPS) is 18.9. The van der Waals surface area contributed by atoms with Crippen LogP contribution in [0, 0.1) is 12.3 Å². The van der Waals surface area contributed by atoms with Crippen LogP contribution in [-0.2, 0) is 6.54 Å². The number of furan rings is 1. The monoisotopic (exact) mass is 589 g/mol. The predicted octanol–water partition coefficient (Wildman–Crippen LogP) is 7.51. The van der Waals surface area contributed by atoms with Gasteiger partial charge < -0.3 is 19.1 Å². The molecule has 3 heterocycles. The van der Waals surface area contributed by atoms with Gasteiger partial charge in [-0.25, -0.2) is 0 Å². The van der Waals surface area contributed by atoms with Gasteiger partial charge in [-0.15, -0.1) is 12.4 Å². The van der Waals surface area contributed by atoms with Gasteiger partial charge in [0.05, 0.1) is 6.26 Å². The molecule has 224 valence electrons. The van der Waals surface area contributed by atoms with Gasteiger partial charge >= 0.3 is 0 Å². The standard InChI is InChI=1S/C35H43N3O3.ClH/c1-27-11-13-29(14-12-27)38(34(40)32-10-7-25-41-32)30-15-21-36(22-16-30)23-19-35(17-5-2-6-18-35)20-24-37-26-28-8-3-4-9-31(28)33(37)39;/h3-4,7-14,25,30H,2,5-6,15-24,26H2,1H3;1H. The highest BCUT2D eigenvalue weighted by atomic mass is 35.5. The molecule has 3 aromatic rings. The minimum Gasteiger partial charge on any atom is -0.459 e. The number of halogens is 1. The maximum absolute atomic E-state index is 13.5. The van der Waals surface area contributed by atoms with E-state index in [0.29, 0.717) is 11.2 Å². The second-order valence-electron chi connectivity index (χ2n) is 12.5. The first-order valence-corrected chi connectivity index (χ1v) is 15.5. The number of amides is 2. The van der Waals surface area contributed by atoms with Crippen LogP contribution in [0.25, 0.3) is 0 Å². The highest BCUT2D eigenvalue weighted by Crippen LogP contribution is 2.43. The number of carbonyl (C=O) groups is 2. The van der Waals surface area contributed by atoms with Crippen molar-refractivity contribution in [1.82, 2.24) is 9.80 Å². The number of carbonyl (C=O) groups excluding carboxylic acids is 2. The Morgan fingerprint density at radius 1 is 0.929 bits per heavy atom. The van der Waals surface area contributed by atoms with Gasteiger partial charge in [0.1, 0.15) is 0 Å². The van der Waals surface area contributed by atoms with E-state index < -0.39 is 0 Å². The Balaban J connectivity index is 0.00000353. The second kappa shape index (κ2) is 13.5. The Morgan fingerprint density at radius 3 is 2.33 bits per heavy atom. The minimum absolute atomic E-state index is 0. The number of benzene rings is 2. The van der Waals surface area contributed by atoms with Crippen molar-refractivity contribution >= 4 is 29.9 Å². The molecule has 3 aliphatic rings. The molecule has 2 aromatic carbocycles. The van der Waals surface area contributed by atoms with Crippen molar-refractivity contribution in [3.05, 3.63) is 89.4 Å². The van der Waals surface area contributed by atoms with Gasteiger partial charge in [0.2, 0.25) is 0 Å². The van der Waals surface area contributed by atoms with Gasteiger partial charge in [-0.05, 0) is 93.3 Å². The lowest BCUT2D eigenvalue weighted by Gasteiger charge is -2.42. The molecule has 0 radical (unpaired) electrons. The van der Waals surface area contributed by atoms with Crippen LogP contribution in [0.15, 0.2) is 71.3 Å². The topological polar surface area (TPSA) is 57.0 Å². The molecule has 1 saturated heterocycles. The van der Waals surface area contributed by atoms with Gasteiger partial charge in [-0.1, -0.05) is 55.2 Å². The summed E-state index contributed by atoms with van der Waals surface area (Å²) in [7, 11) is 0. The lowest BCUT2D eigenvalue weighted by molar-refractivity contribution is 0.0690. The number of likely N-dealkylation sites (tertiary alicyclic amines) is 1. The van der Waals surface area contributed by atoms with Crippen molar-refractivity contribution in [1.29, 1.82) is 0 Å². The summed E-state index contributed by atoms with van der Waals surface area (Å²) >= 11 is 0. The van der Waals surface area contributed by atoms with Crippen molar-refractivity contribution in [3.8, 4) is 0 Å². The van der Waals surface area contributed by atoms with Gasteiger partial charge in [0.15, 0.2) is 5.76 Å². The quantitative estimate of drug-likeness (QED) is 0.259. The molecule has 42 heavy (non-hydrogen) atoms. The van der Waals surface area contributed by atoms with Crippen molar-refractivity contribution < 1.29 is 14.0 Å². The second-order valence-corrected chi connectivity index (χ2v) is 12.5. The Kier molecular flexibility index (Phi) is 9.74. The van der Waals surface area contributed by atoms with E-state index in [0.717, 1.165) is 63.2 Å². The van der Waals surface area contributed by atoms with Gasteiger partial charge in [0.25, 0.3) is 11.8 Å². The van der Waals surface area contributed by atoms with E-state index in [9.17, 15) is 9.59 Å². The summed E-state index contributed by atoms with van der Waals surface area (Å²) in [6, 6.07) is 20.0. The Morgan fingerprint density at radius 2 is 1.64 bits per heavy atom. The highest BCUT2D eigenvalue weighted by molar-refractivity contribution is 6.04. The van der Waals surface area contributed by atoms with E-state index in [1.165, 1.54) is 49.7 Å². The SMILES string of the molecule is Cc1ccc(N(C(=O)c2ccco2)C2CCN(CCC3(CCN4Cc5ccccc5C4=O)CCCCC3)CC2)cc1.Cl. The Labute approximate surface area is 256 Å². The molecule has 0 atom stereocenters. The zero-order valence-corrected chi connectivity index (χ0v) is 25.6. The zero-order valence-electron chi connectivity index (χ0n) is 24.8. The third-order valence-electron chi connectivity index (χ3n) is 9.87. The fraction of sp³-hybridized carbons (Fsp3) is 0.486. The average Bonchev–Trinajstić information content (AvgIpc) is 3.66. The van der Waals surface area contributed by atoms with E-state index in [2.05, 4.69) is 47.1 Å². The fourth-order valence-corrected chi connectivity index (χ4v) is 7.31. The Hall–Kier alpha value is -3.09. The molecule has 1 aromatic heterocycles. The third kappa shape index (κ3) is 6.60. The number of anilines is 1. The van der Waals surface area contributed by atoms with Crippen molar-refractivity contribution in [2.45, 2.75) is 77.3 Å². The summed E-state index contributed by atoms with van der Waals surface area (Å²) in [4.78, 5) is 33.1. The van der Waals surface area contributed by atoms with Crippen LogP contribution < -0.4 is 4.90 Å². The number of fused-ring (bicyclic) bond motifs is 1. The summed E-state index contributed by atoms with van der Waals surface area (Å²) in [5.41, 5.74) is 4.51. The number of hydrogen-bond acceptors (Lipinski definition) is 4. The smallest absolute Gasteiger partial charge is 0.294 e. The van der Waals surface area contributed by atoms with E-state index in [1.807, 2.05) is 23.1 Å². The average molecular weight is 590 g/mol. The highest BCUT2D eigenvalue weighted by Gasteiger charge is 2.36. The van der Waals surface area contributed by atoms with Crippen LogP contribution in [0.3, 0.4) is 0 Å².